The summed E-state index contributed by atoms with van der Waals surface area (Å²) in [5.41, 5.74) is 2.02. The number of anilines is 2. The minimum atomic E-state index is -4.19. The van der Waals surface area contributed by atoms with E-state index in [-0.39, 0.29) is 50.9 Å². The van der Waals surface area contributed by atoms with Gasteiger partial charge in [0.05, 0.1) is 18.9 Å². The predicted octanol–water partition coefficient (Wildman–Crippen LogP) is 8.85. The minimum absolute atomic E-state index is 0.0110. The van der Waals surface area contributed by atoms with Crippen molar-refractivity contribution in [2.45, 2.75) is 29.1 Å². The number of hydrogen-bond acceptors (Lipinski definition) is 10. The molecule has 346 valence electrons. The number of carbonyl (C=O) groups is 3. The summed E-state index contributed by atoms with van der Waals surface area (Å²) in [6.45, 7) is 2.48. The van der Waals surface area contributed by atoms with Crippen LogP contribution in [0.2, 0.25) is 15.1 Å². The van der Waals surface area contributed by atoms with Crippen molar-refractivity contribution < 1.29 is 45.4 Å². The number of primary sulfonamides is 2. The topological polar surface area (TPSA) is 227 Å². The molecule has 6 aromatic carbocycles. The zero-order valence-electron chi connectivity index (χ0n) is 35.5. The van der Waals surface area contributed by atoms with Crippen LogP contribution in [0.25, 0.3) is 0 Å². The fraction of sp³-hybridized carbons (Fsp3) is 0.152. The van der Waals surface area contributed by atoms with E-state index in [1.807, 2.05) is 0 Å². The lowest BCUT2D eigenvalue weighted by Gasteiger charge is -2.18. The first kappa shape index (κ1) is 51.0. The molecule has 0 bridgehead atoms. The monoisotopic (exact) mass is 995 g/mol. The fourth-order valence-corrected chi connectivity index (χ4v) is 8.14. The van der Waals surface area contributed by atoms with E-state index in [9.17, 15) is 31.2 Å². The Morgan fingerprint density at radius 2 is 1.18 bits per heavy atom. The highest BCUT2D eigenvalue weighted by Crippen LogP contribution is 2.34. The number of nitrogens with zero attached hydrogens (tertiary/aromatic N) is 1. The number of carbonyl (C=O) groups excluding carboxylic acids is 3. The molecule has 0 saturated carbocycles. The molecule has 0 aliphatic heterocycles. The molecule has 6 rings (SSSR count). The number of amides is 3. The lowest BCUT2D eigenvalue weighted by molar-refractivity contribution is -0.117. The van der Waals surface area contributed by atoms with Gasteiger partial charge in [-0.3, -0.25) is 14.4 Å². The van der Waals surface area contributed by atoms with Gasteiger partial charge in [0.25, 0.3) is 5.91 Å². The molecule has 0 radical (unpaired) electrons. The Kier molecular flexibility index (Phi) is 17.7. The van der Waals surface area contributed by atoms with Gasteiger partial charge in [-0.2, -0.15) is 0 Å². The number of sulfonamides is 2. The molecule has 20 heteroatoms. The molecule has 1 atom stereocenters. The molecule has 0 aliphatic carbocycles. The quantitative estimate of drug-likeness (QED) is 0.0720. The van der Waals surface area contributed by atoms with Crippen LogP contribution in [0.4, 0.5) is 11.4 Å². The fourth-order valence-electron chi connectivity index (χ4n) is 6.11. The number of methoxy groups -OCH3 is 1. The zero-order chi connectivity index (χ0) is 48.2. The van der Waals surface area contributed by atoms with Crippen LogP contribution in [0.3, 0.4) is 0 Å². The Bertz CT molecular complexity index is 2960. The minimum Gasteiger partial charge on any atom is -0.456 e. The summed E-state index contributed by atoms with van der Waals surface area (Å²) in [4.78, 5) is 39.2. The highest BCUT2D eigenvalue weighted by atomic mass is 35.5. The predicted molar refractivity (Wildman–Crippen MR) is 255 cm³/mol. The molecule has 0 fully saturated rings. The largest absolute Gasteiger partial charge is 0.456 e. The highest BCUT2D eigenvalue weighted by Gasteiger charge is 2.23. The average Bonchev–Trinajstić information content (AvgIpc) is 3.26. The molecule has 1 unspecified atom stereocenters. The van der Waals surface area contributed by atoms with Crippen molar-refractivity contribution in [3.63, 3.8) is 0 Å². The van der Waals surface area contributed by atoms with Gasteiger partial charge >= 0.3 is 0 Å². The van der Waals surface area contributed by atoms with Crippen molar-refractivity contribution in [2.75, 3.05) is 37.9 Å². The number of ether oxygens (including phenoxy) is 3. The summed E-state index contributed by atoms with van der Waals surface area (Å²) in [5.74, 6) is -0.943. The third kappa shape index (κ3) is 14.5. The normalized spacial score (nSPS) is 11.6. The van der Waals surface area contributed by atoms with Gasteiger partial charge in [0.2, 0.25) is 31.9 Å². The summed E-state index contributed by atoms with van der Waals surface area (Å²) in [6, 6.07) is 35.0. The van der Waals surface area contributed by atoms with Crippen molar-refractivity contribution in [3.05, 3.63) is 165 Å². The number of benzene rings is 6. The second-order valence-electron chi connectivity index (χ2n) is 14.4. The van der Waals surface area contributed by atoms with Crippen molar-refractivity contribution in [1.82, 2.24) is 4.90 Å². The van der Waals surface area contributed by atoms with E-state index in [1.165, 1.54) is 53.4 Å². The van der Waals surface area contributed by atoms with Crippen LogP contribution >= 0.6 is 34.8 Å². The zero-order valence-corrected chi connectivity index (χ0v) is 39.4. The van der Waals surface area contributed by atoms with Gasteiger partial charge in [-0.05, 0) is 103 Å². The summed E-state index contributed by atoms with van der Waals surface area (Å²) in [6.07, 6.45) is -0.106. The van der Waals surface area contributed by atoms with E-state index >= 15 is 0 Å². The number of hydrogen-bond donors (Lipinski definition) is 4. The van der Waals surface area contributed by atoms with Gasteiger partial charge in [0.1, 0.15) is 32.8 Å². The second-order valence-corrected chi connectivity index (χ2v) is 18.7. The maximum Gasteiger partial charge on any atom is 0.253 e. The van der Waals surface area contributed by atoms with Crippen LogP contribution in [0.5, 0.6) is 23.0 Å². The highest BCUT2D eigenvalue weighted by molar-refractivity contribution is 7.89. The Morgan fingerprint density at radius 1 is 0.667 bits per heavy atom. The van der Waals surface area contributed by atoms with Gasteiger partial charge in [0.15, 0.2) is 0 Å². The Labute approximate surface area is 397 Å². The van der Waals surface area contributed by atoms with Crippen LogP contribution in [0.15, 0.2) is 143 Å². The third-order valence-electron chi connectivity index (χ3n) is 9.44. The van der Waals surface area contributed by atoms with Gasteiger partial charge < -0.3 is 29.7 Å². The van der Waals surface area contributed by atoms with E-state index in [0.717, 1.165) is 0 Å². The molecule has 0 aromatic heterocycles. The van der Waals surface area contributed by atoms with Crippen LogP contribution in [0, 0.1) is 0 Å². The lowest BCUT2D eigenvalue weighted by Crippen LogP contribution is -2.31. The van der Waals surface area contributed by atoms with Crippen molar-refractivity contribution >= 4 is 83.9 Å². The number of likely N-dealkylation sites (N-methyl/N-ethyl adjacent to an activating group) is 1. The molecular formula is C46H44Cl3N5O10S2. The van der Waals surface area contributed by atoms with E-state index in [2.05, 4.69) is 10.6 Å². The number of nitrogens with one attached hydrogen (secondary N) is 2. The molecule has 6 aromatic rings. The molecule has 0 aliphatic rings. The molecule has 0 saturated heterocycles. The van der Waals surface area contributed by atoms with Gasteiger partial charge in [-0.25, -0.2) is 27.1 Å². The standard InChI is InChI=1S/C25H26ClN3O6S.C21H18Cl2N2O4S/c1-29(12-13-34-2)25(31)21-9-4-3-6-17(21)14-24(30)28-19-10-11-22(23(16-19)36(27,32)33)35-20-8-5-7-18(26)15-20;1-13(17-7-2-3-8-18(17)23)21(26)25-15-9-10-19(20(12-15)30(24,27)28)29-16-6-4-5-14(22)11-16/h3-11,15-16H,12-14H2,1-2H3,(H,28,30)(H2,27,32,33);2-13H,1H3,(H,25,26)(H2,24,27,28). The maximum atomic E-state index is 12.8. The van der Waals surface area contributed by atoms with E-state index in [1.54, 1.807) is 106 Å². The van der Waals surface area contributed by atoms with Crippen molar-refractivity contribution in [1.29, 1.82) is 0 Å². The van der Waals surface area contributed by atoms with Crippen LogP contribution < -0.4 is 30.4 Å². The van der Waals surface area contributed by atoms with Crippen molar-refractivity contribution in [3.8, 4) is 23.0 Å². The molecule has 6 N–H and O–H groups in total. The molecule has 15 nitrogen and oxygen atoms in total. The summed E-state index contributed by atoms with van der Waals surface area (Å²) in [7, 11) is -5.12. The Morgan fingerprint density at radius 3 is 1.70 bits per heavy atom. The van der Waals surface area contributed by atoms with Crippen LogP contribution in [-0.2, 0) is 40.8 Å². The average molecular weight is 997 g/mol. The summed E-state index contributed by atoms with van der Waals surface area (Å²) in [5, 5.41) is 17.4. The molecule has 0 heterocycles. The second kappa shape index (κ2) is 22.9. The van der Waals surface area contributed by atoms with Crippen LogP contribution in [0.1, 0.15) is 34.3 Å². The van der Waals surface area contributed by atoms with Crippen molar-refractivity contribution in [2.24, 2.45) is 10.3 Å². The number of nitrogens with two attached hydrogens (primary N) is 2. The summed E-state index contributed by atoms with van der Waals surface area (Å²) < 4.78 is 64.9. The lowest BCUT2D eigenvalue weighted by atomic mass is 10.0. The molecule has 3 amide bonds. The summed E-state index contributed by atoms with van der Waals surface area (Å²) >= 11 is 18.1. The first-order chi connectivity index (χ1) is 31.2. The maximum absolute atomic E-state index is 12.8. The smallest absolute Gasteiger partial charge is 0.253 e. The molecule has 66 heavy (non-hydrogen) atoms. The first-order valence-electron chi connectivity index (χ1n) is 19.6. The van der Waals surface area contributed by atoms with Gasteiger partial charge in [-0.15, -0.1) is 0 Å². The number of rotatable bonds is 16. The number of halogens is 3. The van der Waals surface area contributed by atoms with E-state index < -0.39 is 31.9 Å². The first-order valence-corrected chi connectivity index (χ1v) is 23.8. The van der Waals surface area contributed by atoms with Crippen LogP contribution in [-0.4, -0.2) is 66.8 Å². The molecular weight excluding hydrogens is 953 g/mol. The Hall–Kier alpha value is -6.02. The SMILES string of the molecule is CC(C(=O)Nc1ccc(Oc2cccc(Cl)c2)c(S(N)(=O)=O)c1)c1ccccc1Cl.COCCN(C)C(=O)c1ccccc1CC(=O)Nc1ccc(Oc2cccc(Cl)c2)c(S(N)(=O)=O)c1. The van der Waals surface area contributed by atoms with E-state index in [0.29, 0.717) is 56.4 Å². The van der Waals surface area contributed by atoms with Gasteiger partial charge in [0, 0.05) is 52.7 Å². The van der Waals surface area contributed by atoms with Gasteiger partial charge in [-0.1, -0.05) is 83.3 Å². The third-order valence-corrected chi connectivity index (χ3v) is 12.1. The molecule has 0 spiro atoms. The van der Waals surface area contributed by atoms with E-state index in [4.69, 9.17) is 59.3 Å². The Balaban J connectivity index is 0.000000251.